The lowest BCUT2D eigenvalue weighted by Crippen LogP contribution is -2.26. The largest absolute Gasteiger partial charge is 0.376 e. The zero-order valence-corrected chi connectivity index (χ0v) is 13.6. The number of nitrogens with zero attached hydrogens (tertiary/aromatic N) is 1. The Kier molecular flexibility index (Phi) is 5.71. The number of para-hydroxylation sites is 1. The molecule has 2 N–H and O–H groups in total. The molecule has 6 heteroatoms. The number of rotatable bonds is 5. The van der Waals surface area contributed by atoms with E-state index < -0.39 is 5.82 Å². The first-order valence-corrected chi connectivity index (χ1v) is 7.43. The summed E-state index contributed by atoms with van der Waals surface area (Å²) in [4.78, 5) is 11.8. The second-order valence-corrected chi connectivity index (χ2v) is 5.46. The molecule has 0 aliphatic rings. The van der Waals surface area contributed by atoms with Crippen LogP contribution in [0.15, 0.2) is 41.5 Å². The Balaban J connectivity index is 1.92. The Morgan fingerprint density at radius 1 is 1.22 bits per heavy atom. The first-order chi connectivity index (χ1) is 11.0. The number of hydrazone groups is 1. The van der Waals surface area contributed by atoms with Crippen LogP contribution in [0.3, 0.4) is 0 Å². The molecule has 1 amide bonds. The summed E-state index contributed by atoms with van der Waals surface area (Å²) in [5, 5.41) is 7.03. The summed E-state index contributed by atoms with van der Waals surface area (Å²) in [7, 11) is 0. The van der Waals surface area contributed by atoms with Crippen LogP contribution in [0.1, 0.15) is 16.7 Å². The number of amides is 1. The molecule has 0 bridgehead atoms. The van der Waals surface area contributed by atoms with E-state index in [9.17, 15) is 9.18 Å². The summed E-state index contributed by atoms with van der Waals surface area (Å²) in [6.07, 6.45) is 1.19. The molecule has 0 aromatic heterocycles. The molecule has 0 saturated heterocycles. The van der Waals surface area contributed by atoms with Crippen LogP contribution in [-0.2, 0) is 4.79 Å². The van der Waals surface area contributed by atoms with Crippen molar-refractivity contribution in [3.8, 4) is 0 Å². The second-order valence-electron chi connectivity index (χ2n) is 5.05. The van der Waals surface area contributed by atoms with Gasteiger partial charge in [-0.25, -0.2) is 9.82 Å². The third kappa shape index (κ3) is 4.53. The summed E-state index contributed by atoms with van der Waals surface area (Å²) in [5.41, 5.74) is 5.50. The van der Waals surface area contributed by atoms with E-state index in [0.717, 1.165) is 16.8 Å². The quantitative estimate of drug-likeness (QED) is 0.648. The molecular formula is C17H17ClFN3O. The molecule has 0 aliphatic heterocycles. The van der Waals surface area contributed by atoms with E-state index in [1.807, 2.05) is 32.0 Å². The van der Waals surface area contributed by atoms with Crippen molar-refractivity contribution in [2.75, 3.05) is 11.9 Å². The minimum Gasteiger partial charge on any atom is -0.376 e. The zero-order chi connectivity index (χ0) is 16.8. The SMILES string of the molecule is Cc1cccc(C)c1NCC(=O)N/N=C\c1c(F)cccc1Cl. The van der Waals surface area contributed by atoms with Gasteiger partial charge in [0.1, 0.15) is 5.82 Å². The van der Waals surface area contributed by atoms with Gasteiger partial charge in [0.15, 0.2) is 0 Å². The lowest BCUT2D eigenvalue weighted by Gasteiger charge is -2.11. The van der Waals surface area contributed by atoms with Crippen LogP contribution in [0.5, 0.6) is 0 Å². The van der Waals surface area contributed by atoms with Crippen LogP contribution < -0.4 is 10.7 Å². The summed E-state index contributed by atoms with van der Waals surface area (Å²) in [6.45, 7) is 3.99. The van der Waals surface area contributed by atoms with Crippen molar-refractivity contribution in [2.24, 2.45) is 5.10 Å². The lowest BCUT2D eigenvalue weighted by molar-refractivity contribution is -0.119. The van der Waals surface area contributed by atoms with Gasteiger partial charge in [0.25, 0.3) is 5.91 Å². The predicted molar refractivity (Wildman–Crippen MR) is 91.6 cm³/mol. The van der Waals surface area contributed by atoms with Gasteiger partial charge in [0.2, 0.25) is 0 Å². The second kappa shape index (κ2) is 7.74. The van der Waals surface area contributed by atoms with Crippen molar-refractivity contribution in [3.05, 3.63) is 63.9 Å². The number of hydrogen-bond acceptors (Lipinski definition) is 3. The molecule has 4 nitrogen and oxygen atoms in total. The maximum absolute atomic E-state index is 13.5. The highest BCUT2D eigenvalue weighted by Crippen LogP contribution is 2.19. The van der Waals surface area contributed by atoms with Crippen LogP contribution in [0, 0.1) is 19.7 Å². The third-order valence-electron chi connectivity index (χ3n) is 3.29. The Bertz CT molecular complexity index is 706. The van der Waals surface area contributed by atoms with E-state index in [-0.39, 0.29) is 23.0 Å². The van der Waals surface area contributed by atoms with Crippen molar-refractivity contribution in [3.63, 3.8) is 0 Å². The third-order valence-corrected chi connectivity index (χ3v) is 3.62. The monoisotopic (exact) mass is 333 g/mol. The van der Waals surface area contributed by atoms with Gasteiger partial charge in [-0.3, -0.25) is 4.79 Å². The smallest absolute Gasteiger partial charge is 0.259 e. The highest BCUT2D eigenvalue weighted by molar-refractivity contribution is 6.33. The van der Waals surface area contributed by atoms with Crippen LogP contribution in [0.2, 0.25) is 5.02 Å². The van der Waals surface area contributed by atoms with E-state index in [1.54, 1.807) is 6.07 Å². The maximum atomic E-state index is 13.5. The zero-order valence-electron chi connectivity index (χ0n) is 12.9. The van der Waals surface area contributed by atoms with E-state index in [4.69, 9.17) is 11.6 Å². The van der Waals surface area contributed by atoms with E-state index in [1.165, 1.54) is 18.3 Å². The van der Waals surface area contributed by atoms with Gasteiger partial charge in [0.05, 0.1) is 17.8 Å². The molecule has 2 aromatic rings. The Hall–Kier alpha value is -2.40. The van der Waals surface area contributed by atoms with E-state index in [0.29, 0.717) is 0 Å². The van der Waals surface area contributed by atoms with Gasteiger partial charge >= 0.3 is 0 Å². The van der Waals surface area contributed by atoms with Crippen molar-refractivity contribution in [1.82, 2.24) is 5.43 Å². The van der Waals surface area contributed by atoms with Gasteiger partial charge in [-0.15, -0.1) is 0 Å². The van der Waals surface area contributed by atoms with Crippen molar-refractivity contribution in [2.45, 2.75) is 13.8 Å². The lowest BCUT2D eigenvalue weighted by atomic mass is 10.1. The van der Waals surface area contributed by atoms with Crippen molar-refractivity contribution < 1.29 is 9.18 Å². The fourth-order valence-electron chi connectivity index (χ4n) is 2.10. The van der Waals surface area contributed by atoms with Crippen LogP contribution >= 0.6 is 11.6 Å². The fraction of sp³-hybridized carbons (Fsp3) is 0.176. The van der Waals surface area contributed by atoms with Crippen LogP contribution in [0.4, 0.5) is 10.1 Å². The minimum absolute atomic E-state index is 0.0635. The normalized spacial score (nSPS) is 10.8. The predicted octanol–water partition coefficient (Wildman–Crippen LogP) is 3.66. The summed E-state index contributed by atoms with van der Waals surface area (Å²) in [5.74, 6) is -0.833. The highest BCUT2D eigenvalue weighted by atomic mass is 35.5. The standard InChI is InChI=1S/C17H17ClFN3O/c1-11-5-3-6-12(2)17(11)20-10-16(23)22-21-9-13-14(18)7-4-8-15(13)19/h3-9,20H,10H2,1-2H3,(H,22,23)/b21-9-. The molecule has 0 fully saturated rings. The Labute approximate surface area is 139 Å². The number of hydrogen-bond donors (Lipinski definition) is 2. The Morgan fingerprint density at radius 3 is 2.52 bits per heavy atom. The van der Waals surface area contributed by atoms with Crippen molar-refractivity contribution >= 4 is 29.4 Å². The molecule has 120 valence electrons. The number of benzene rings is 2. The van der Waals surface area contributed by atoms with Gasteiger partial charge in [-0.05, 0) is 37.1 Å². The molecule has 0 radical (unpaired) electrons. The molecule has 0 atom stereocenters. The molecule has 0 heterocycles. The summed E-state index contributed by atoms with van der Waals surface area (Å²) >= 11 is 5.86. The van der Waals surface area contributed by atoms with Gasteiger partial charge in [-0.2, -0.15) is 5.10 Å². The molecule has 0 spiro atoms. The van der Waals surface area contributed by atoms with Crippen LogP contribution in [0.25, 0.3) is 0 Å². The Morgan fingerprint density at radius 2 is 1.87 bits per heavy atom. The van der Waals surface area contributed by atoms with Gasteiger partial charge in [0, 0.05) is 11.3 Å². The molecule has 2 rings (SSSR count). The average molecular weight is 334 g/mol. The van der Waals surface area contributed by atoms with E-state index >= 15 is 0 Å². The average Bonchev–Trinajstić information content (AvgIpc) is 2.50. The number of carbonyl (C=O) groups excluding carboxylic acids is 1. The van der Waals surface area contributed by atoms with Gasteiger partial charge in [-0.1, -0.05) is 35.9 Å². The topological polar surface area (TPSA) is 53.5 Å². The number of nitrogens with one attached hydrogen (secondary N) is 2. The van der Waals surface area contributed by atoms with E-state index in [2.05, 4.69) is 15.8 Å². The van der Waals surface area contributed by atoms with Gasteiger partial charge < -0.3 is 5.32 Å². The molecular weight excluding hydrogens is 317 g/mol. The van der Waals surface area contributed by atoms with Crippen molar-refractivity contribution in [1.29, 1.82) is 0 Å². The maximum Gasteiger partial charge on any atom is 0.259 e. The highest BCUT2D eigenvalue weighted by Gasteiger charge is 2.06. The molecule has 0 saturated carbocycles. The number of aryl methyl sites for hydroxylation is 2. The summed E-state index contributed by atoms with van der Waals surface area (Å²) < 4.78 is 13.5. The minimum atomic E-state index is -0.496. The molecule has 0 unspecified atom stereocenters. The molecule has 23 heavy (non-hydrogen) atoms. The summed E-state index contributed by atoms with van der Waals surface area (Å²) in [6, 6.07) is 10.2. The number of carbonyl (C=O) groups is 1. The number of halogens is 2. The van der Waals surface area contributed by atoms with Crippen LogP contribution in [-0.4, -0.2) is 18.7 Å². The molecule has 2 aromatic carbocycles. The number of anilines is 1. The first-order valence-electron chi connectivity index (χ1n) is 7.05. The molecule has 0 aliphatic carbocycles. The first kappa shape index (κ1) is 17.0. The fourth-order valence-corrected chi connectivity index (χ4v) is 2.32.